The van der Waals surface area contributed by atoms with Crippen LogP contribution >= 0.6 is 11.8 Å². The number of anilines is 8. The molecule has 9 rings (SSSR count). The van der Waals surface area contributed by atoms with E-state index in [-0.39, 0.29) is 6.42 Å². The Bertz CT molecular complexity index is 2920. The molecular formula is C58H53N3O7S2. The highest BCUT2D eigenvalue weighted by molar-refractivity contribution is 7.99. The molecule has 10 nitrogen and oxygen atoms in total. The fourth-order valence-corrected chi connectivity index (χ4v) is 10.5. The van der Waals surface area contributed by atoms with Crippen molar-refractivity contribution in [1.29, 1.82) is 0 Å². The summed E-state index contributed by atoms with van der Waals surface area (Å²) in [6, 6.07) is 61.8. The number of fused-ring (bicyclic) bond motifs is 2. The molecule has 12 heteroatoms. The van der Waals surface area contributed by atoms with Crippen LogP contribution in [0.3, 0.4) is 0 Å². The third-order valence-electron chi connectivity index (χ3n) is 12.4. The van der Waals surface area contributed by atoms with Crippen molar-refractivity contribution in [3.05, 3.63) is 194 Å². The van der Waals surface area contributed by atoms with Crippen molar-refractivity contribution in [1.82, 2.24) is 0 Å². The second-order valence-corrected chi connectivity index (χ2v) is 19.3. The summed E-state index contributed by atoms with van der Waals surface area (Å²) in [4.78, 5) is 8.65. The predicted octanol–water partition coefficient (Wildman–Crippen LogP) is 14.8. The van der Waals surface area contributed by atoms with Crippen molar-refractivity contribution in [3.63, 3.8) is 0 Å². The number of allylic oxidation sites excluding steroid dienone is 1. The summed E-state index contributed by atoms with van der Waals surface area (Å²) in [5.74, 6) is 3.10. The molecule has 1 unspecified atom stereocenters. The van der Waals surface area contributed by atoms with Crippen LogP contribution < -0.4 is 33.6 Å². The van der Waals surface area contributed by atoms with Crippen molar-refractivity contribution < 1.29 is 31.9 Å². The summed E-state index contributed by atoms with van der Waals surface area (Å²) in [6.07, 6.45) is 3.39. The van der Waals surface area contributed by atoms with Crippen molar-refractivity contribution in [3.8, 4) is 45.3 Å². The van der Waals surface area contributed by atoms with Gasteiger partial charge < -0.3 is 33.6 Å². The second-order valence-electron chi connectivity index (χ2n) is 16.5. The highest BCUT2D eigenvalue weighted by Crippen LogP contribution is 2.51. The van der Waals surface area contributed by atoms with Crippen molar-refractivity contribution in [2.45, 2.75) is 28.4 Å². The van der Waals surface area contributed by atoms with Crippen LogP contribution in [0, 0.1) is 0 Å². The summed E-state index contributed by atoms with van der Waals surface area (Å²) < 4.78 is 57.4. The van der Waals surface area contributed by atoms with E-state index in [0.717, 1.165) is 101 Å². The largest absolute Gasteiger partial charge is 0.497 e. The van der Waals surface area contributed by atoms with E-state index in [9.17, 15) is 13.0 Å². The average molecular weight is 968 g/mol. The molecule has 8 aromatic carbocycles. The van der Waals surface area contributed by atoms with Crippen LogP contribution in [-0.2, 0) is 10.1 Å². The fourth-order valence-electron chi connectivity index (χ4n) is 8.72. The topological polar surface area (TPSA) is 101 Å². The van der Waals surface area contributed by atoms with E-state index in [1.807, 2.05) is 97.1 Å². The van der Waals surface area contributed by atoms with E-state index in [0.29, 0.717) is 6.54 Å². The number of hydrogen-bond donors (Lipinski definition) is 1. The van der Waals surface area contributed by atoms with Crippen LogP contribution in [0.4, 0.5) is 45.5 Å². The molecule has 0 aromatic heterocycles. The summed E-state index contributed by atoms with van der Waals surface area (Å²) in [5.41, 5.74) is 11.8. The van der Waals surface area contributed by atoms with Gasteiger partial charge in [-0.2, -0.15) is 8.42 Å². The van der Waals surface area contributed by atoms with Gasteiger partial charge in [-0.05, 0) is 181 Å². The monoisotopic (exact) mass is 967 g/mol. The molecule has 0 fully saturated rings. The highest BCUT2D eigenvalue weighted by atomic mass is 32.2. The Kier molecular flexibility index (Phi) is 14.2. The van der Waals surface area contributed by atoms with Gasteiger partial charge in [0.2, 0.25) is 0 Å². The molecular weight excluding hydrogens is 915 g/mol. The van der Waals surface area contributed by atoms with Crippen LogP contribution in [0.2, 0.25) is 0 Å². The van der Waals surface area contributed by atoms with Gasteiger partial charge in [-0.25, -0.2) is 0 Å². The van der Waals surface area contributed by atoms with E-state index >= 15 is 0 Å². The first-order valence-corrected chi connectivity index (χ1v) is 25.1. The van der Waals surface area contributed by atoms with Gasteiger partial charge in [0.1, 0.15) is 28.2 Å². The molecule has 1 heterocycles. The second kappa shape index (κ2) is 20.9. The molecule has 1 aliphatic heterocycles. The number of rotatable bonds is 17. The molecule has 1 aliphatic rings. The maximum Gasteiger partial charge on any atom is 0.271 e. The standard InChI is InChI=1S/C58H53N3O7S2/c1-6-7-54(70(62,63)64)36-37-59-55-38-42(40-8-14-44(15-9-40)60(46-18-26-50(65-2)27-19-46)47-20-28-51(66-3)29-21-47)12-34-57(55)69-58-35-13-43(39-56(58)59)41-10-16-45(17-11-41)61(48-22-30-52(67-4)31-23-48)49-24-32-53(68-5)33-25-49/h6-35,38-39,54H,36-37H2,1-5H3,(H,62,63,64)/b7-6+. The SMILES string of the molecule is C/C=C/C(CCN1c2cc(-c3ccc(N(c4ccc(OC)cc4)c4ccc(OC)cc4)cc3)ccc2Sc2ccc(-c3ccc(N(c4ccc(OC)cc4)c4ccc(OC)cc4)cc3)cc21)S(=O)(=O)O. The summed E-state index contributed by atoms with van der Waals surface area (Å²) in [7, 11) is 2.29. The van der Waals surface area contributed by atoms with Gasteiger partial charge in [-0.15, -0.1) is 0 Å². The summed E-state index contributed by atoms with van der Waals surface area (Å²) in [5, 5.41) is -1.07. The lowest BCUT2D eigenvalue weighted by Gasteiger charge is -2.34. The number of hydrogen-bond acceptors (Lipinski definition) is 10. The zero-order valence-electron chi connectivity index (χ0n) is 39.5. The molecule has 0 radical (unpaired) electrons. The fraction of sp³-hybridized carbons (Fsp3) is 0.138. The van der Waals surface area contributed by atoms with Crippen LogP contribution in [0.15, 0.2) is 204 Å². The van der Waals surface area contributed by atoms with Gasteiger partial charge >= 0.3 is 0 Å². The summed E-state index contributed by atoms with van der Waals surface area (Å²) in [6.45, 7) is 2.09. The van der Waals surface area contributed by atoms with Gasteiger partial charge in [0.15, 0.2) is 0 Å². The molecule has 1 N–H and O–H groups in total. The van der Waals surface area contributed by atoms with Gasteiger partial charge in [0.25, 0.3) is 10.1 Å². The molecule has 70 heavy (non-hydrogen) atoms. The quantitative estimate of drug-likeness (QED) is 0.0697. The lowest BCUT2D eigenvalue weighted by molar-refractivity contribution is 0.414. The number of methoxy groups -OCH3 is 4. The third kappa shape index (κ3) is 10.2. The molecule has 0 amide bonds. The molecule has 0 saturated heterocycles. The molecule has 0 spiro atoms. The zero-order valence-corrected chi connectivity index (χ0v) is 41.2. The maximum atomic E-state index is 12.6. The van der Waals surface area contributed by atoms with Crippen LogP contribution in [-0.4, -0.2) is 53.2 Å². The Morgan fingerprint density at radius 2 is 0.786 bits per heavy atom. The molecule has 8 aromatic rings. The minimum atomic E-state index is -4.35. The third-order valence-corrected chi connectivity index (χ3v) is 14.7. The average Bonchev–Trinajstić information content (AvgIpc) is 3.40. The Morgan fingerprint density at radius 1 is 0.486 bits per heavy atom. The number of nitrogens with zero attached hydrogens (tertiary/aromatic N) is 3. The predicted molar refractivity (Wildman–Crippen MR) is 285 cm³/mol. The smallest absolute Gasteiger partial charge is 0.271 e. The Balaban J connectivity index is 1.06. The number of ether oxygens (including phenoxy) is 4. The maximum absolute atomic E-state index is 12.6. The van der Waals surface area contributed by atoms with Crippen LogP contribution in [0.25, 0.3) is 22.3 Å². The van der Waals surface area contributed by atoms with Gasteiger partial charge in [0, 0.05) is 50.5 Å². The van der Waals surface area contributed by atoms with E-state index in [2.05, 4.69) is 99.6 Å². The lowest BCUT2D eigenvalue weighted by atomic mass is 10.0. The molecule has 0 aliphatic carbocycles. The van der Waals surface area contributed by atoms with E-state index in [1.165, 1.54) is 0 Å². The van der Waals surface area contributed by atoms with E-state index in [4.69, 9.17) is 18.9 Å². The first-order chi connectivity index (χ1) is 34.1. The van der Waals surface area contributed by atoms with Crippen LogP contribution in [0.1, 0.15) is 13.3 Å². The van der Waals surface area contributed by atoms with Crippen LogP contribution in [0.5, 0.6) is 23.0 Å². The molecule has 0 bridgehead atoms. The molecule has 0 saturated carbocycles. The zero-order chi connectivity index (χ0) is 48.8. The minimum Gasteiger partial charge on any atom is -0.497 e. The van der Waals surface area contributed by atoms with E-state index in [1.54, 1.807) is 59.3 Å². The van der Waals surface area contributed by atoms with Gasteiger partial charge in [-0.1, -0.05) is 60.3 Å². The van der Waals surface area contributed by atoms with E-state index < -0.39 is 15.4 Å². The first-order valence-electron chi connectivity index (χ1n) is 22.8. The Morgan fingerprint density at radius 3 is 1.07 bits per heavy atom. The minimum absolute atomic E-state index is 0.170. The molecule has 1 atom stereocenters. The lowest BCUT2D eigenvalue weighted by Crippen LogP contribution is -2.28. The highest BCUT2D eigenvalue weighted by Gasteiger charge is 2.28. The van der Waals surface area contributed by atoms with Crippen molar-refractivity contribution >= 4 is 67.4 Å². The van der Waals surface area contributed by atoms with Crippen molar-refractivity contribution in [2.75, 3.05) is 49.7 Å². The Labute approximate surface area is 414 Å². The van der Waals surface area contributed by atoms with Gasteiger partial charge in [0.05, 0.1) is 39.8 Å². The normalized spacial score (nSPS) is 12.5. The number of benzene rings is 8. The molecule has 354 valence electrons. The summed E-state index contributed by atoms with van der Waals surface area (Å²) >= 11 is 1.69. The Hall–Kier alpha value is -7.64. The first kappa shape index (κ1) is 47.4. The van der Waals surface area contributed by atoms with Crippen molar-refractivity contribution in [2.24, 2.45) is 0 Å². The van der Waals surface area contributed by atoms with Gasteiger partial charge in [-0.3, -0.25) is 4.55 Å².